The Kier molecular flexibility index (Phi) is 8.18. The second-order valence-electron chi connectivity index (χ2n) is 7.54. The molecule has 10 heteroatoms. The molecule has 1 aliphatic rings. The van der Waals surface area contributed by atoms with Gasteiger partial charge in [-0.1, -0.05) is 12.8 Å². The van der Waals surface area contributed by atoms with Crippen LogP contribution in [0.1, 0.15) is 46.4 Å². The van der Waals surface area contributed by atoms with E-state index in [1.807, 2.05) is 0 Å². The van der Waals surface area contributed by atoms with Crippen molar-refractivity contribution in [3.8, 4) is 0 Å². The first kappa shape index (κ1) is 24.4. The van der Waals surface area contributed by atoms with E-state index in [2.05, 4.69) is 10.1 Å². The Morgan fingerprint density at radius 3 is 1.97 bits per heavy atom. The van der Waals surface area contributed by atoms with Crippen LogP contribution in [0.3, 0.4) is 0 Å². The molecule has 176 valence electrons. The van der Waals surface area contributed by atoms with E-state index in [4.69, 9.17) is 4.74 Å². The van der Waals surface area contributed by atoms with Crippen molar-refractivity contribution in [1.82, 2.24) is 4.31 Å². The predicted octanol–water partition coefficient (Wildman–Crippen LogP) is 2.83. The summed E-state index contributed by atoms with van der Waals surface area (Å²) in [6, 6.07) is 11.5. The first-order valence-electron chi connectivity index (χ1n) is 10.6. The molecule has 0 aromatic heterocycles. The molecule has 0 atom stereocenters. The van der Waals surface area contributed by atoms with Crippen LogP contribution in [-0.2, 0) is 24.3 Å². The summed E-state index contributed by atoms with van der Waals surface area (Å²) in [5, 5.41) is 2.55. The van der Waals surface area contributed by atoms with Crippen molar-refractivity contribution in [3.63, 3.8) is 0 Å². The highest BCUT2D eigenvalue weighted by molar-refractivity contribution is 7.89. The number of nitrogens with one attached hydrogen (secondary N) is 1. The maximum atomic E-state index is 12.8. The molecule has 3 rings (SSSR count). The molecular weight excluding hydrogens is 448 g/mol. The van der Waals surface area contributed by atoms with Crippen molar-refractivity contribution in [2.75, 3.05) is 32.1 Å². The number of methoxy groups -OCH3 is 1. The Hall–Kier alpha value is -3.24. The number of sulfonamides is 1. The third-order valence-corrected chi connectivity index (χ3v) is 7.13. The normalized spacial score (nSPS) is 14.7. The Balaban J connectivity index is 1.54. The van der Waals surface area contributed by atoms with Crippen LogP contribution in [-0.4, -0.2) is 57.4 Å². The number of carbonyl (C=O) groups excluding carboxylic acids is 3. The van der Waals surface area contributed by atoms with Gasteiger partial charge < -0.3 is 14.8 Å². The average molecular weight is 475 g/mol. The smallest absolute Gasteiger partial charge is 0.338 e. The molecule has 1 saturated heterocycles. The standard InChI is InChI=1S/C23H26N2O7S/c1-31-22(27)17-6-10-19(11-7-17)24-21(26)16-32-23(28)18-8-12-20(13-9-18)33(29,30)25-14-4-2-3-5-15-25/h6-13H,2-5,14-16H2,1H3,(H,24,26). The number of amides is 1. The SMILES string of the molecule is COC(=O)c1ccc(NC(=O)COC(=O)c2ccc(S(=O)(=O)N3CCCCCC3)cc2)cc1. The third-order valence-electron chi connectivity index (χ3n) is 5.22. The number of esters is 2. The van der Waals surface area contributed by atoms with Gasteiger partial charge in [0.25, 0.3) is 5.91 Å². The van der Waals surface area contributed by atoms with Gasteiger partial charge in [-0.2, -0.15) is 4.31 Å². The van der Waals surface area contributed by atoms with Gasteiger partial charge in [-0.25, -0.2) is 18.0 Å². The zero-order chi connectivity index (χ0) is 23.8. The Morgan fingerprint density at radius 2 is 1.39 bits per heavy atom. The monoisotopic (exact) mass is 474 g/mol. The van der Waals surface area contributed by atoms with Crippen LogP contribution in [0.4, 0.5) is 5.69 Å². The number of ether oxygens (including phenoxy) is 2. The highest BCUT2D eigenvalue weighted by Gasteiger charge is 2.25. The second-order valence-corrected chi connectivity index (χ2v) is 9.47. The Bertz CT molecular complexity index is 1090. The zero-order valence-corrected chi connectivity index (χ0v) is 19.1. The van der Waals surface area contributed by atoms with Gasteiger partial charge in [-0.3, -0.25) is 4.79 Å². The van der Waals surface area contributed by atoms with Crippen LogP contribution in [0, 0.1) is 0 Å². The molecule has 0 spiro atoms. The molecule has 1 heterocycles. The van der Waals surface area contributed by atoms with Crippen LogP contribution in [0.15, 0.2) is 53.4 Å². The molecule has 0 unspecified atom stereocenters. The lowest BCUT2D eigenvalue weighted by molar-refractivity contribution is -0.119. The van der Waals surface area contributed by atoms with Gasteiger partial charge in [0.05, 0.1) is 23.1 Å². The fourth-order valence-corrected chi connectivity index (χ4v) is 4.93. The highest BCUT2D eigenvalue weighted by Crippen LogP contribution is 2.21. The fraction of sp³-hybridized carbons (Fsp3) is 0.348. The lowest BCUT2D eigenvalue weighted by atomic mass is 10.2. The van der Waals surface area contributed by atoms with Crippen molar-refractivity contribution in [2.45, 2.75) is 30.6 Å². The minimum absolute atomic E-state index is 0.120. The van der Waals surface area contributed by atoms with Crippen LogP contribution in [0.25, 0.3) is 0 Å². The van der Waals surface area contributed by atoms with E-state index in [1.165, 1.54) is 59.9 Å². The summed E-state index contributed by atoms with van der Waals surface area (Å²) in [5.74, 6) is -1.80. The molecule has 2 aromatic carbocycles. The summed E-state index contributed by atoms with van der Waals surface area (Å²) in [5.41, 5.74) is 0.898. The van der Waals surface area contributed by atoms with Gasteiger partial charge in [0.2, 0.25) is 10.0 Å². The minimum atomic E-state index is -3.61. The van der Waals surface area contributed by atoms with Gasteiger partial charge >= 0.3 is 11.9 Å². The summed E-state index contributed by atoms with van der Waals surface area (Å²) < 4.78 is 36.7. The largest absolute Gasteiger partial charge is 0.465 e. The first-order valence-corrected chi connectivity index (χ1v) is 12.0. The molecule has 2 aromatic rings. The number of hydrogen-bond donors (Lipinski definition) is 1. The molecule has 0 saturated carbocycles. The van der Waals surface area contributed by atoms with Crippen molar-refractivity contribution >= 4 is 33.6 Å². The van der Waals surface area contributed by atoms with E-state index in [0.717, 1.165) is 25.7 Å². The molecule has 0 radical (unpaired) electrons. The minimum Gasteiger partial charge on any atom is -0.465 e. The van der Waals surface area contributed by atoms with Gasteiger partial charge in [-0.05, 0) is 61.4 Å². The van der Waals surface area contributed by atoms with Crippen molar-refractivity contribution in [1.29, 1.82) is 0 Å². The maximum Gasteiger partial charge on any atom is 0.338 e. The van der Waals surface area contributed by atoms with Crippen molar-refractivity contribution in [3.05, 3.63) is 59.7 Å². The molecule has 33 heavy (non-hydrogen) atoms. The quantitative estimate of drug-likeness (QED) is 0.613. The van der Waals surface area contributed by atoms with Crippen LogP contribution >= 0.6 is 0 Å². The third kappa shape index (κ3) is 6.39. The molecule has 0 aliphatic carbocycles. The number of anilines is 1. The van der Waals surface area contributed by atoms with E-state index in [9.17, 15) is 22.8 Å². The average Bonchev–Trinajstić information content (AvgIpc) is 3.13. The first-order chi connectivity index (χ1) is 15.8. The van der Waals surface area contributed by atoms with E-state index in [1.54, 1.807) is 0 Å². The van der Waals surface area contributed by atoms with Crippen molar-refractivity contribution in [2.24, 2.45) is 0 Å². The second kappa shape index (κ2) is 11.1. The maximum absolute atomic E-state index is 12.8. The summed E-state index contributed by atoms with van der Waals surface area (Å²) in [4.78, 5) is 35.8. The Morgan fingerprint density at radius 1 is 0.848 bits per heavy atom. The van der Waals surface area contributed by atoms with E-state index in [0.29, 0.717) is 24.3 Å². The lowest BCUT2D eigenvalue weighted by Crippen LogP contribution is -2.31. The summed E-state index contributed by atoms with van der Waals surface area (Å²) >= 11 is 0. The lowest BCUT2D eigenvalue weighted by Gasteiger charge is -2.19. The van der Waals surface area contributed by atoms with Gasteiger partial charge in [-0.15, -0.1) is 0 Å². The van der Waals surface area contributed by atoms with Crippen LogP contribution < -0.4 is 5.32 Å². The fourth-order valence-electron chi connectivity index (χ4n) is 3.41. The van der Waals surface area contributed by atoms with Crippen LogP contribution in [0.2, 0.25) is 0 Å². The highest BCUT2D eigenvalue weighted by atomic mass is 32.2. The number of benzene rings is 2. The zero-order valence-electron chi connectivity index (χ0n) is 18.3. The number of nitrogens with zero attached hydrogens (tertiary/aromatic N) is 1. The van der Waals surface area contributed by atoms with E-state index in [-0.39, 0.29) is 10.5 Å². The molecular formula is C23H26N2O7S. The van der Waals surface area contributed by atoms with Gasteiger partial charge in [0, 0.05) is 18.8 Å². The molecule has 1 amide bonds. The summed E-state index contributed by atoms with van der Waals surface area (Å²) in [7, 11) is -2.34. The van der Waals surface area contributed by atoms with Crippen LogP contribution in [0.5, 0.6) is 0 Å². The van der Waals surface area contributed by atoms with E-state index < -0.39 is 34.5 Å². The molecule has 1 fully saturated rings. The van der Waals surface area contributed by atoms with E-state index >= 15 is 0 Å². The van der Waals surface area contributed by atoms with Gasteiger partial charge in [0.1, 0.15) is 0 Å². The number of hydrogen-bond acceptors (Lipinski definition) is 7. The summed E-state index contributed by atoms with van der Waals surface area (Å²) in [6.45, 7) is 0.463. The predicted molar refractivity (Wildman–Crippen MR) is 120 cm³/mol. The van der Waals surface area contributed by atoms with Gasteiger partial charge in [0.15, 0.2) is 6.61 Å². The molecule has 9 nitrogen and oxygen atoms in total. The number of carbonyl (C=O) groups is 3. The molecule has 1 aliphatic heterocycles. The summed E-state index contributed by atoms with van der Waals surface area (Å²) in [6.07, 6.45) is 3.70. The van der Waals surface area contributed by atoms with Crippen molar-refractivity contribution < 1.29 is 32.3 Å². The Labute approximate surface area is 192 Å². The molecule has 1 N–H and O–H groups in total. The molecule has 0 bridgehead atoms. The number of rotatable bonds is 7. The topological polar surface area (TPSA) is 119 Å².